The molecule has 0 unspecified atom stereocenters. The summed E-state index contributed by atoms with van der Waals surface area (Å²) in [5.41, 5.74) is 0. The van der Waals surface area contributed by atoms with Crippen molar-refractivity contribution in [2.45, 2.75) is 25.2 Å². The fraction of sp³-hybridized carbons (Fsp3) is 0.750. The molecule has 1 aliphatic carbocycles. The van der Waals surface area contributed by atoms with Crippen LogP contribution >= 0.6 is 0 Å². The summed E-state index contributed by atoms with van der Waals surface area (Å²) in [6.45, 7) is 0.906. The Bertz CT molecular complexity index is 255. The highest BCUT2D eigenvalue weighted by atomic mass is 16.5. The molecule has 0 bridgehead atoms. The van der Waals surface area contributed by atoms with Crippen molar-refractivity contribution in [3.05, 3.63) is 11.7 Å². The lowest BCUT2D eigenvalue weighted by Gasteiger charge is -1.90. The highest BCUT2D eigenvalue weighted by Gasteiger charge is 2.29. The fourth-order valence-corrected chi connectivity index (χ4v) is 1.10. The van der Waals surface area contributed by atoms with E-state index in [0.717, 1.165) is 24.7 Å². The maximum absolute atomic E-state index is 5.10. The number of hydrogen-bond donors (Lipinski definition) is 1. The molecule has 2 rings (SSSR count). The van der Waals surface area contributed by atoms with Crippen LogP contribution in [0, 0.1) is 0 Å². The monoisotopic (exact) mass is 167 g/mol. The van der Waals surface area contributed by atoms with Gasteiger partial charge in [0.15, 0.2) is 5.82 Å². The standard InChI is InChI=1S/C8H13N3O/c1-9-5-4-7-10-8(12-11-7)6-2-3-6/h6,9H,2-5H2,1H3. The average molecular weight is 167 g/mol. The van der Waals surface area contributed by atoms with E-state index in [1.807, 2.05) is 7.05 Å². The van der Waals surface area contributed by atoms with Crippen LogP contribution in [0.5, 0.6) is 0 Å². The molecule has 0 saturated heterocycles. The molecule has 1 aromatic heterocycles. The summed E-state index contributed by atoms with van der Waals surface area (Å²) in [5.74, 6) is 2.23. The summed E-state index contributed by atoms with van der Waals surface area (Å²) in [6.07, 6.45) is 3.29. The molecule has 0 amide bonds. The van der Waals surface area contributed by atoms with E-state index in [-0.39, 0.29) is 0 Å². The molecule has 4 heteroatoms. The second kappa shape index (κ2) is 3.23. The van der Waals surface area contributed by atoms with Gasteiger partial charge in [0.1, 0.15) is 0 Å². The van der Waals surface area contributed by atoms with E-state index in [9.17, 15) is 0 Å². The number of likely N-dealkylation sites (N-methyl/N-ethyl adjacent to an activating group) is 1. The lowest BCUT2D eigenvalue weighted by Crippen LogP contribution is -2.11. The highest BCUT2D eigenvalue weighted by molar-refractivity contribution is 5.01. The van der Waals surface area contributed by atoms with Crippen molar-refractivity contribution < 1.29 is 4.52 Å². The van der Waals surface area contributed by atoms with Gasteiger partial charge in [-0.1, -0.05) is 5.16 Å². The third-order valence-corrected chi connectivity index (χ3v) is 2.01. The van der Waals surface area contributed by atoms with Gasteiger partial charge in [0.05, 0.1) is 0 Å². The Labute approximate surface area is 71.4 Å². The molecule has 1 N–H and O–H groups in total. The molecule has 66 valence electrons. The first-order valence-electron chi connectivity index (χ1n) is 4.37. The Morgan fingerprint density at radius 1 is 1.58 bits per heavy atom. The quantitative estimate of drug-likeness (QED) is 0.717. The van der Waals surface area contributed by atoms with Gasteiger partial charge in [-0.05, 0) is 19.9 Å². The highest BCUT2D eigenvalue weighted by Crippen LogP contribution is 2.38. The van der Waals surface area contributed by atoms with Gasteiger partial charge in [0.25, 0.3) is 0 Å². The molecule has 0 aliphatic heterocycles. The molecular weight excluding hydrogens is 154 g/mol. The molecular formula is C8H13N3O. The smallest absolute Gasteiger partial charge is 0.229 e. The van der Waals surface area contributed by atoms with Crippen molar-refractivity contribution in [1.29, 1.82) is 0 Å². The second-order valence-corrected chi connectivity index (χ2v) is 3.18. The second-order valence-electron chi connectivity index (χ2n) is 3.18. The van der Waals surface area contributed by atoms with Crippen molar-refractivity contribution in [3.63, 3.8) is 0 Å². The Balaban J connectivity index is 1.93. The maximum Gasteiger partial charge on any atom is 0.229 e. The minimum atomic E-state index is 0.570. The third kappa shape index (κ3) is 1.64. The normalized spacial score (nSPS) is 16.8. The molecule has 12 heavy (non-hydrogen) atoms. The molecule has 0 atom stereocenters. The largest absolute Gasteiger partial charge is 0.339 e. The Morgan fingerprint density at radius 3 is 3.08 bits per heavy atom. The molecule has 0 aromatic carbocycles. The van der Waals surface area contributed by atoms with Crippen molar-refractivity contribution in [1.82, 2.24) is 15.5 Å². The number of nitrogens with zero attached hydrogens (tertiary/aromatic N) is 2. The van der Waals surface area contributed by atoms with Gasteiger partial charge in [-0.3, -0.25) is 0 Å². The zero-order valence-electron chi connectivity index (χ0n) is 7.21. The molecule has 4 nitrogen and oxygen atoms in total. The predicted octanol–water partition coefficient (Wildman–Crippen LogP) is 0.709. The van der Waals surface area contributed by atoms with E-state index in [1.54, 1.807) is 0 Å². The van der Waals surface area contributed by atoms with Gasteiger partial charge in [0.2, 0.25) is 5.89 Å². The summed E-state index contributed by atoms with van der Waals surface area (Å²) < 4.78 is 5.10. The Morgan fingerprint density at radius 2 is 2.42 bits per heavy atom. The first-order chi connectivity index (χ1) is 5.90. The molecule has 1 heterocycles. The van der Waals surface area contributed by atoms with Gasteiger partial charge >= 0.3 is 0 Å². The first kappa shape index (κ1) is 7.73. The van der Waals surface area contributed by atoms with Crippen LogP contribution < -0.4 is 5.32 Å². The molecule has 1 aromatic rings. The molecule has 1 fully saturated rings. The van der Waals surface area contributed by atoms with Crippen molar-refractivity contribution in [2.75, 3.05) is 13.6 Å². The fourth-order valence-electron chi connectivity index (χ4n) is 1.10. The summed E-state index contributed by atoms with van der Waals surface area (Å²) in [5, 5.41) is 6.94. The minimum absolute atomic E-state index is 0.570. The minimum Gasteiger partial charge on any atom is -0.339 e. The van der Waals surface area contributed by atoms with Crippen LogP contribution in [0.1, 0.15) is 30.5 Å². The van der Waals surface area contributed by atoms with E-state index in [1.165, 1.54) is 12.8 Å². The van der Waals surface area contributed by atoms with Crippen LogP contribution in [0.4, 0.5) is 0 Å². The van der Waals surface area contributed by atoms with Crippen LogP contribution in [-0.4, -0.2) is 23.7 Å². The Kier molecular flexibility index (Phi) is 2.08. The lowest BCUT2D eigenvalue weighted by molar-refractivity contribution is 0.374. The van der Waals surface area contributed by atoms with Crippen LogP contribution in [-0.2, 0) is 6.42 Å². The van der Waals surface area contributed by atoms with Crippen LogP contribution in [0.15, 0.2) is 4.52 Å². The van der Waals surface area contributed by atoms with Crippen molar-refractivity contribution in [2.24, 2.45) is 0 Å². The lowest BCUT2D eigenvalue weighted by atomic mass is 10.4. The summed E-state index contributed by atoms with van der Waals surface area (Å²) in [7, 11) is 1.92. The van der Waals surface area contributed by atoms with Gasteiger partial charge in [-0.2, -0.15) is 4.98 Å². The van der Waals surface area contributed by atoms with E-state index in [0.29, 0.717) is 5.92 Å². The summed E-state index contributed by atoms with van der Waals surface area (Å²) in [4.78, 5) is 4.29. The van der Waals surface area contributed by atoms with Crippen molar-refractivity contribution in [3.8, 4) is 0 Å². The average Bonchev–Trinajstić information content (AvgIpc) is 2.83. The Hall–Kier alpha value is -0.900. The van der Waals surface area contributed by atoms with Gasteiger partial charge < -0.3 is 9.84 Å². The number of hydrogen-bond acceptors (Lipinski definition) is 4. The van der Waals surface area contributed by atoms with Gasteiger partial charge in [-0.25, -0.2) is 0 Å². The number of rotatable bonds is 4. The summed E-state index contributed by atoms with van der Waals surface area (Å²) in [6, 6.07) is 0. The van der Waals surface area contributed by atoms with E-state index < -0.39 is 0 Å². The topological polar surface area (TPSA) is 51.0 Å². The van der Waals surface area contributed by atoms with E-state index in [2.05, 4.69) is 15.5 Å². The van der Waals surface area contributed by atoms with E-state index in [4.69, 9.17) is 4.52 Å². The molecule has 1 saturated carbocycles. The zero-order chi connectivity index (χ0) is 8.39. The summed E-state index contributed by atoms with van der Waals surface area (Å²) >= 11 is 0. The number of aromatic nitrogens is 2. The first-order valence-corrected chi connectivity index (χ1v) is 4.37. The zero-order valence-corrected chi connectivity index (χ0v) is 7.21. The maximum atomic E-state index is 5.10. The van der Waals surface area contributed by atoms with Gasteiger partial charge in [-0.15, -0.1) is 0 Å². The van der Waals surface area contributed by atoms with Crippen LogP contribution in [0.25, 0.3) is 0 Å². The molecule has 1 aliphatic rings. The SMILES string of the molecule is CNCCc1noc(C2CC2)n1. The van der Waals surface area contributed by atoms with E-state index >= 15 is 0 Å². The van der Waals surface area contributed by atoms with Crippen LogP contribution in [0.3, 0.4) is 0 Å². The molecule has 0 spiro atoms. The predicted molar refractivity (Wildman–Crippen MR) is 43.9 cm³/mol. The van der Waals surface area contributed by atoms with Gasteiger partial charge in [0, 0.05) is 18.9 Å². The molecule has 0 radical (unpaired) electrons. The van der Waals surface area contributed by atoms with Crippen LogP contribution in [0.2, 0.25) is 0 Å². The third-order valence-electron chi connectivity index (χ3n) is 2.01. The van der Waals surface area contributed by atoms with Crippen molar-refractivity contribution >= 4 is 0 Å². The number of nitrogens with one attached hydrogen (secondary N) is 1.